The van der Waals surface area contributed by atoms with E-state index in [9.17, 15) is 0 Å². The van der Waals surface area contributed by atoms with Gasteiger partial charge in [0.15, 0.2) is 5.54 Å². The van der Waals surface area contributed by atoms with Crippen LogP contribution in [0.2, 0.25) is 0 Å². The van der Waals surface area contributed by atoms with Crippen molar-refractivity contribution in [1.82, 2.24) is 4.90 Å². The molecule has 0 spiro atoms. The summed E-state index contributed by atoms with van der Waals surface area (Å²) in [5, 5.41) is 16.8. The van der Waals surface area contributed by atoms with E-state index in [0.717, 1.165) is 31.6 Å². The average molecular weight is 207 g/mol. The Bertz CT molecular complexity index is 295. The minimum Gasteiger partial charge on any atom is -0.375 e. The first-order valence-electron chi connectivity index (χ1n) is 5.47. The molecule has 0 radical (unpaired) electrons. The standard InChI is InChI=1S/C11H17N3O/c1-9(13)10-2-4-14(5-3-10)11(6-12)7-15-8-11/h10,13H,2-5,7-8H2,1H3. The Labute approximate surface area is 90.3 Å². The molecule has 0 aliphatic carbocycles. The predicted octanol–water partition coefficient (Wildman–Crippen LogP) is 1.03. The highest BCUT2D eigenvalue weighted by atomic mass is 16.5. The molecule has 2 aliphatic heterocycles. The van der Waals surface area contributed by atoms with E-state index in [2.05, 4.69) is 11.0 Å². The maximum atomic E-state index is 9.15. The fraction of sp³-hybridized carbons (Fsp3) is 0.818. The third-order valence-corrected chi connectivity index (χ3v) is 3.60. The molecule has 2 heterocycles. The second-order valence-corrected chi connectivity index (χ2v) is 4.58. The van der Waals surface area contributed by atoms with Gasteiger partial charge in [-0.3, -0.25) is 4.90 Å². The highest BCUT2D eigenvalue weighted by Crippen LogP contribution is 2.29. The number of hydrogen-bond acceptors (Lipinski definition) is 4. The van der Waals surface area contributed by atoms with E-state index < -0.39 is 0 Å². The zero-order chi connectivity index (χ0) is 10.9. The predicted molar refractivity (Wildman–Crippen MR) is 56.9 cm³/mol. The van der Waals surface area contributed by atoms with Crippen molar-refractivity contribution in [3.05, 3.63) is 0 Å². The molecule has 1 N–H and O–H groups in total. The normalized spacial score (nSPS) is 26.7. The molecule has 0 atom stereocenters. The maximum Gasteiger partial charge on any atom is 0.156 e. The van der Waals surface area contributed by atoms with E-state index in [4.69, 9.17) is 15.4 Å². The number of likely N-dealkylation sites (tertiary alicyclic amines) is 1. The van der Waals surface area contributed by atoms with E-state index in [0.29, 0.717) is 19.1 Å². The first-order valence-corrected chi connectivity index (χ1v) is 5.47. The Hall–Kier alpha value is -0.920. The molecule has 82 valence electrons. The highest BCUT2D eigenvalue weighted by Gasteiger charge is 2.45. The van der Waals surface area contributed by atoms with Gasteiger partial charge in [0.05, 0.1) is 19.3 Å². The lowest BCUT2D eigenvalue weighted by atomic mass is 9.88. The number of nitriles is 1. The summed E-state index contributed by atoms with van der Waals surface area (Å²) in [6.07, 6.45) is 2.03. The zero-order valence-electron chi connectivity index (χ0n) is 9.12. The molecule has 2 saturated heterocycles. The number of nitrogens with one attached hydrogen (secondary N) is 1. The van der Waals surface area contributed by atoms with Crippen LogP contribution >= 0.6 is 0 Å². The van der Waals surface area contributed by atoms with Crippen LogP contribution in [0.1, 0.15) is 19.8 Å². The topological polar surface area (TPSA) is 60.1 Å². The van der Waals surface area contributed by atoms with E-state index in [-0.39, 0.29) is 5.54 Å². The molecule has 2 rings (SSSR count). The Morgan fingerprint density at radius 2 is 2.07 bits per heavy atom. The molecule has 0 aromatic carbocycles. The molecule has 0 saturated carbocycles. The molecule has 4 nitrogen and oxygen atoms in total. The SMILES string of the molecule is CC(=N)C1CCN(C2(C#N)COC2)CC1. The fourth-order valence-electron chi connectivity index (χ4n) is 2.35. The van der Waals surface area contributed by atoms with Crippen LogP contribution in [0.15, 0.2) is 0 Å². The lowest BCUT2D eigenvalue weighted by Crippen LogP contribution is -2.63. The van der Waals surface area contributed by atoms with Crippen LogP contribution in [0.4, 0.5) is 0 Å². The molecular formula is C11H17N3O. The minimum absolute atomic E-state index is 0.346. The van der Waals surface area contributed by atoms with Gasteiger partial charge in [0.2, 0.25) is 0 Å². The Morgan fingerprint density at radius 3 is 2.40 bits per heavy atom. The van der Waals surface area contributed by atoms with Crippen LogP contribution in [-0.4, -0.2) is 42.5 Å². The summed E-state index contributed by atoms with van der Waals surface area (Å²) >= 11 is 0. The smallest absolute Gasteiger partial charge is 0.156 e. The molecular weight excluding hydrogens is 190 g/mol. The van der Waals surface area contributed by atoms with Gasteiger partial charge in [-0.15, -0.1) is 0 Å². The molecule has 0 unspecified atom stereocenters. The van der Waals surface area contributed by atoms with Crippen molar-refractivity contribution in [2.75, 3.05) is 26.3 Å². The van der Waals surface area contributed by atoms with Crippen LogP contribution in [0.5, 0.6) is 0 Å². The summed E-state index contributed by atoms with van der Waals surface area (Å²) in [5.74, 6) is 0.429. The third kappa shape index (κ3) is 1.77. The lowest BCUT2D eigenvalue weighted by molar-refractivity contribution is -0.114. The number of rotatable bonds is 2. The van der Waals surface area contributed by atoms with E-state index in [1.165, 1.54) is 0 Å². The second kappa shape index (κ2) is 3.92. The van der Waals surface area contributed by atoms with Crippen molar-refractivity contribution in [2.45, 2.75) is 25.3 Å². The molecule has 4 heteroatoms. The third-order valence-electron chi connectivity index (χ3n) is 3.60. The van der Waals surface area contributed by atoms with Gasteiger partial charge in [-0.2, -0.15) is 5.26 Å². The zero-order valence-corrected chi connectivity index (χ0v) is 9.12. The van der Waals surface area contributed by atoms with Gasteiger partial charge in [0, 0.05) is 18.8 Å². The van der Waals surface area contributed by atoms with E-state index in [1.54, 1.807) is 0 Å². The van der Waals surface area contributed by atoms with Crippen LogP contribution in [0.25, 0.3) is 0 Å². The van der Waals surface area contributed by atoms with Crippen molar-refractivity contribution < 1.29 is 4.74 Å². The first kappa shape index (κ1) is 10.6. The fourth-order valence-corrected chi connectivity index (χ4v) is 2.35. The molecule has 15 heavy (non-hydrogen) atoms. The van der Waals surface area contributed by atoms with Gasteiger partial charge in [-0.05, 0) is 25.7 Å². The largest absolute Gasteiger partial charge is 0.375 e. The van der Waals surface area contributed by atoms with Gasteiger partial charge in [0.25, 0.3) is 0 Å². The summed E-state index contributed by atoms with van der Waals surface area (Å²) in [7, 11) is 0. The Morgan fingerprint density at radius 1 is 1.47 bits per heavy atom. The lowest BCUT2D eigenvalue weighted by Gasteiger charge is -2.47. The highest BCUT2D eigenvalue weighted by molar-refractivity contribution is 5.81. The van der Waals surface area contributed by atoms with Crippen molar-refractivity contribution in [2.24, 2.45) is 5.92 Å². The average Bonchev–Trinajstić information content (AvgIpc) is 2.18. The van der Waals surface area contributed by atoms with Gasteiger partial charge in [-0.1, -0.05) is 0 Å². The number of hydrogen-bond donors (Lipinski definition) is 1. The quantitative estimate of drug-likeness (QED) is 0.688. The summed E-state index contributed by atoms with van der Waals surface area (Å²) in [5.41, 5.74) is 0.437. The van der Waals surface area contributed by atoms with Crippen LogP contribution in [0, 0.1) is 22.7 Å². The van der Waals surface area contributed by atoms with E-state index >= 15 is 0 Å². The Kier molecular flexibility index (Phi) is 2.76. The van der Waals surface area contributed by atoms with Crippen LogP contribution < -0.4 is 0 Å². The van der Waals surface area contributed by atoms with Crippen LogP contribution in [0.3, 0.4) is 0 Å². The monoisotopic (exact) mass is 207 g/mol. The summed E-state index contributed by atoms with van der Waals surface area (Å²) in [4.78, 5) is 2.23. The minimum atomic E-state index is -0.346. The van der Waals surface area contributed by atoms with Crippen molar-refractivity contribution >= 4 is 5.71 Å². The number of nitrogens with zero attached hydrogens (tertiary/aromatic N) is 2. The number of piperidine rings is 1. The first-order chi connectivity index (χ1) is 7.18. The van der Waals surface area contributed by atoms with Crippen molar-refractivity contribution in [1.29, 1.82) is 10.7 Å². The van der Waals surface area contributed by atoms with Gasteiger partial charge in [0.1, 0.15) is 0 Å². The van der Waals surface area contributed by atoms with Crippen molar-refractivity contribution in [3.8, 4) is 6.07 Å². The van der Waals surface area contributed by atoms with Gasteiger partial charge >= 0.3 is 0 Å². The summed E-state index contributed by atoms with van der Waals surface area (Å²) in [6.45, 7) is 4.85. The summed E-state index contributed by atoms with van der Waals surface area (Å²) in [6, 6.07) is 2.38. The van der Waals surface area contributed by atoms with E-state index in [1.807, 2.05) is 6.92 Å². The van der Waals surface area contributed by atoms with Gasteiger partial charge in [-0.25, -0.2) is 0 Å². The molecule has 0 aromatic heterocycles. The second-order valence-electron chi connectivity index (χ2n) is 4.58. The Balaban J connectivity index is 1.94. The maximum absolute atomic E-state index is 9.15. The molecule has 0 bridgehead atoms. The molecule has 0 amide bonds. The number of ether oxygens (including phenoxy) is 1. The molecule has 2 fully saturated rings. The summed E-state index contributed by atoms with van der Waals surface area (Å²) < 4.78 is 5.15. The molecule has 2 aliphatic rings. The molecule has 0 aromatic rings. The van der Waals surface area contributed by atoms with Crippen molar-refractivity contribution in [3.63, 3.8) is 0 Å². The van der Waals surface area contributed by atoms with Gasteiger partial charge < -0.3 is 10.1 Å². The van der Waals surface area contributed by atoms with Crippen LogP contribution in [-0.2, 0) is 4.74 Å².